The molecule has 0 saturated heterocycles. The molecule has 8 heteroatoms. The fraction of sp³-hybridized carbons (Fsp3) is 0.360. The molecule has 176 valence electrons. The van der Waals surface area contributed by atoms with Gasteiger partial charge < -0.3 is 9.30 Å². The van der Waals surface area contributed by atoms with Gasteiger partial charge in [-0.2, -0.15) is 4.31 Å². The van der Waals surface area contributed by atoms with Gasteiger partial charge in [0.25, 0.3) is 10.0 Å². The first-order valence-electron chi connectivity index (χ1n) is 11.0. The molecule has 1 amide bonds. The van der Waals surface area contributed by atoms with E-state index in [2.05, 4.69) is 4.98 Å². The topological polar surface area (TPSA) is 81.5 Å². The summed E-state index contributed by atoms with van der Waals surface area (Å²) in [5, 5.41) is 0. The Balaban J connectivity index is 1.84. The van der Waals surface area contributed by atoms with Gasteiger partial charge in [-0.25, -0.2) is 18.2 Å². The summed E-state index contributed by atoms with van der Waals surface area (Å²) in [4.78, 5) is 17.0. The average Bonchev–Trinajstić information content (AvgIpc) is 3.31. The minimum atomic E-state index is -4.07. The Morgan fingerprint density at radius 3 is 2.39 bits per heavy atom. The molecule has 0 bridgehead atoms. The highest BCUT2D eigenvalue weighted by Crippen LogP contribution is 2.28. The molecule has 0 aliphatic rings. The third-order valence-electron chi connectivity index (χ3n) is 5.46. The number of nitrogens with zero attached hydrogens (tertiary/aromatic N) is 3. The molecule has 33 heavy (non-hydrogen) atoms. The van der Waals surface area contributed by atoms with E-state index in [9.17, 15) is 13.2 Å². The monoisotopic (exact) mass is 469 g/mol. The molecule has 0 spiro atoms. The van der Waals surface area contributed by atoms with Crippen LogP contribution in [0.25, 0.3) is 0 Å². The average molecular weight is 470 g/mol. The minimum Gasteiger partial charge on any atom is -0.449 e. The fourth-order valence-electron chi connectivity index (χ4n) is 3.45. The Hall–Kier alpha value is -3.13. The van der Waals surface area contributed by atoms with Gasteiger partial charge in [0.2, 0.25) is 0 Å². The van der Waals surface area contributed by atoms with E-state index in [1.54, 1.807) is 30.7 Å². The largest absolute Gasteiger partial charge is 0.449 e. The molecule has 0 aliphatic heterocycles. The second-order valence-electron chi connectivity index (χ2n) is 8.61. The summed E-state index contributed by atoms with van der Waals surface area (Å²) in [7, 11) is -4.07. The number of amides is 1. The van der Waals surface area contributed by atoms with Crippen molar-refractivity contribution in [1.29, 1.82) is 0 Å². The smallest absolute Gasteiger partial charge is 0.423 e. The third kappa shape index (κ3) is 6.22. The van der Waals surface area contributed by atoms with Crippen molar-refractivity contribution >= 4 is 16.1 Å². The van der Waals surface area contributed by atoms with Crippen molar-refractivity contribution in [2.24, 2.45) is 0 Å². The third-order valence-corrected chi connectivity index (χ3v) is 7.18. The van der Waals surface area contributed by atoms with Gasteiger partial charge in [-0.3, -0.25) is 0 Å². The Labute approximate surface area is 196 Å². The second kappa shape index (κ2) is 10.7. The molecule has 1 aromatic heterocycles. The van der Waals surface area contributed by atoms with Crippen LogP contribution in [-0.2, 0) is 26.7 Å². The van der Waals surface area contributed by atoms with E-state index in [0.29, 0.717) is 13.0 Å². The van der Waals surface area contributed by atoms with Crippen LogP contribution >= 0.6 is 0 Å². The number of unbranched alkanes of at least 4 members (excludes halogenated alkanes) is 1. The van der Waals surface area contributed by atoms with E-state index in [1.807, 2.05) is 55.8 Å². The Morgan fingerprint density at radius 1 is 1.09 bits per heavy atom. The Morgan fingerprint density at radius 2 is 1.79 bits per heavy atom. The van der Waals surface area contributed by atoms with Crippen LogP contribution in [-0.4, -0.2) is 41.5 Å². The van der Waals surface area contributed by atoms with Gasteiger partial charge in [0.15, 0.2) is 0 Å². The lowest BCUT2D eigenvalue weighted by Crippen LogP contribution is -2.44. The highest BCUT2D eigenvalue weighted by atomic mass is 32.2. The summed E-state index contributed by atoms with van der Waals surface area (Å²) in [6.07, 6.45) is 6.06. The number of aromatic nitrogens is 2. The van der Waals surface area contributed by atoms with Crippen LogP contribution in [0.3, 0.4) is 0 Å². The van der Waals surface area contributed by atoms with E-state index < -0.39 is 21.5 Å². The molecular formula is C25H31N3O4S. The molecule has 0 saturated carbocycles. The minimum absolute atomic E-state index is 0.0456. The quantitative estimate of drug-likeness (QED) is 0.397. The summed E-state index contributed by atoms with van der Waals surface area (Å²) in [6, 6.07) is 15.9. The normalized spacial score (nSPS) is 11.8. The molecule has 0 N–H and O–H groups in total. The maximum Gasteiger partial charge on any atom is 0.423 e. The molecule has 1 heterocycles. The number of carbonyl (C=O) groups excluding carboxylic acids is 1. The molecular weight excluding hydrogens is 438 g/mol. The molecule has 3 aromatic rings. The maximum absolute atomic E-state index is 13.4. The summed E-state index contributed by atoms with van der Waals surface area (Å²) < 4.78 is 34.9. The first-order valence-corrected chi connectivity index (χ1v) is 12.5. The van der Waals surface area contributed by atoms with E-state index >= 15 is 0 Å². The standard InChI is InChI=1S/C25H31N3O4S/c1-4-5-17-32-24(29)28(33(30,31)23-9-7-6-8-10-23)19-25(2,3)22-13-11-21(12-14-22)18-27-16-15-26-20-27/h6-16,20H,4-5,17-19H2,1-3H3. The summed E-state index contributed by atoms with van der Waals surface area (Å²) in [6.45, 7) is 6.65. The van der Waals surface area contributed by atoms with Crippen LogP contribution in [0.5, 0.6) is 0 Å². The first kappa shape index (κ1) is 24.5. The van der Waals surface area contributed by atoms with E-state index in [1.165, 1.54) is 12.1 Å². The van der Waals surface area contributed by atoms with Crippen LogP contribution < -0.4 is 0 Å². The highest BCUT2D eigenvalue weighted by Gasteiger charge is 2.36. The Kier molecular flexibility index (Phi) is 7.92. The molecule has 7 nitrogen and oxygen atoms in total. The van der Waals surface area contributed by atoms with Crippen molar-refractivity contribution in [3.63, 3.8) is 0 Å². The number of sulfonamides is 1. The number of carbonyl (C=O) groups is 1. The zero-order valence-corrected chi connectivity index (χ0v) is 20.2. The molecule has 0 radical (unpaired) electrons. The lowest BCUT2D eigenvalue weighted by atomic mass is 9.84. The first-order chi connectivity index (χ1) is 15.7. The number of rotatable bonds is 10. The Bertz CT molecular complexity index is 1130. The SMILES string of the molecule is CCCCOC(=O)N(CC(C)(C)c1ccc(Cn2ccnc2)cc1)S(=O)(=O)c1ccccc1. The lowest BCUT2D eigenvalue weighted by molar-refractivity contribution is 0.119. The summed E-state index contributed by atoms with van der Waals surface area (Å²) >= 11 is 0. The number of hydrogen-bond donors (Lipinski definition) is 0. The van der Waals surface area contributed by atoms with Gasteiger partial charge >= 0.3 is 6.09 Å². The molecule has 0 atom stereocenters. The van der Waals surface area contributed by atoms with Crippen molar-refractivity contribution in [1.82, 2.24) is 13.9 Å². The van der Waals surface area contributed by atoms with E-state index in [0.717, 1.165) is 21.9 Å². The highest BCUT2D eigenvalue weighted by molar-refractivity contribution is 7.89. The number of hydrogen-bond acceptors (Lipinski definition) is 5. The van der Waals surface area contributed by atoms with Crippen LogP contribution in [0.2, 0.25) is 0 Å². The van der Waals surface area contributed by atoms with Crippen LogP contribution in [0.4, 0.5) is 4.79 Å². The molecule has 2 aromatic carbocycles. The van der Waals surface area contributed by atoms with Gasteiger partial charge in [0.05, 0.1) is 17.8 Å². The van der Waals surface area contributed by atoms with Crippen molar-refractivity contribution in [2.45, 2.75) is 50.5 Å². The van der Waals surface area contributed by atoms with Crippen molar-refractivity contribution < 1.29 is 17.9 Å². The number of imidazole rings is 1. The van der Waals surface area contributed by atoms with Crippen molar-refractivity contribution in [3.8, 4) is 0 Å². The van der Waals surface area contributed by atoms with Crippen molar-refractivity contribution in [3.05, 3.63) is 84.4 Å². The summed E-state index contributed by atoms with van der Waals surface area (Å²) in [5.74, 6) is 0. The molecule has 3 rings (SSSR count). The molecule has 0 fully saturated rings. The van der Waals surface area contributed by atoms with Gasteiger partial charge in [-0.1, -0.05) is 69.7 Å². The van der Waals surface area contributed by atoms with Crippen molar-refractivity contribution in [2.75, 3.05) is 13.2 Å². The zero-order chi connectivity index (χ0) is 23.9. The number of benzene rings is 2. The summed E-state index contributed by atoms with van der Waals surface area (Å²) in [5.41, 5.74) is 1.38. The fourth-order valence-corrected chi connectivity index (χ4v) is 4.94. The van der Waals surface area contributed by atoms with Gasteiger partial charge in [0, 0.05) is 30.9 Å². The van der Waals surface area contributed by atoms with Gasteiger partial charge in [0.1, 0.15) is 0 Å². The second-order valence-corrected chi connectivity index (χ2v) is 10.5. The van der Waals surface area contributed by atoms with Gasteiger partial charge in [-0.05, 0) is 29.7 Å². The van der Waals surface area contributed by atoms with E-state index in [-0.39, 0.29) is 18.0 Å². The van der Waals surface area contributed by atoms with Crippen LogP contribution in [0.1, 0.15) is 44.7 Å². The van der Waals surface area contributed by atoms with Crippen LogP contribution in [0, 0.1) is 0 Å². The van der Waals surface area contributed by atoms with Crippen LogP contribution in [0.15, 0.2) is 78.2 Å². The maximum atomic E-state index is 13.4. The molecule has 0 unspecified atom stereocenters. The predicted molar refractivity (Wildman–Crippen MR) is 127 cm³/mol. The van der Waals surface area contributed by atoms with E-state index in [4.69, 9.17) is 4.74 Å². The lowest BCUT2D eigenvalue weighted by Gasteiger charge is -2.32. The van der Waals surface area contributed by atoms with Gasteiger partial charge in [-0.15, -0.1) is 0 Å². The zero-order valence-electron chi connectivity index (χ0n) is 19.3. The molecule has 0 aliphatic carbocycles. The predicted octanol–water partition coefficient (Wildman–Crippen LogP) is 4.84. The number of ether oxygens (including phenoxy) is 1.